The van der Waals surface area contributed by atoms with E-state index in [4.69, 9.17) is 34.8 Å². The summed E-state index contributed by atoms with van der Waals surface area (Å²) in [5.74, 6) is 0. The maximum Gasteiger partial charge on any atom is 0.0453 e. The third-order valence-corrected chi connectivity index (χ3v) is 4.66. The van der Waals surface area contributed by atoms with Crippen molar-refractivity contribution < 1.29 is 0 Å². The van der Waals surface area contributed by atoms with Gasteiger partial charge in [-0.05, 0) is 61.7 Å². The Kier molecular flexibility index (Phi) is 5.95. The van der Waals surface area contributed by atoms with Gasteiger partial charge >= 0.3 is 0 Å². The summed E-state index contributed by atoms with van der Waals surface area (Å²) in [5.41, 5.74) is 3.27. The van der Waals surface area contributed by atoms with E-state index in [2.05, 4.69) is 17.4 Å². The molecule has 0 aliphatic heterocycles. The number of hydrogen-bond donors (Lipinski definition) is 1. The number of likely N-dealkylation sites (N-methyl/N-ethyl adjacent to an activating group) is 1. The van der Waals surface area contributed by atoms with Crippen molar-refractivity contribution in [2.45, 2.75) is 25.8 Å². The van der Waals surface area contributed by atoms with E-state index in [1.807, 2.05) is 38.2 Å². The summed E-state index contributed by atoms with van der Waals surface area (Å²) in [6.07, 6.45) is 1.59. The summed E-state index contributed by atoms with van der Waals surface area (Å²) in [4.78, 5) is 0. The van der Waals surface area contributed by atoms with E-state index in [1.54, 1.807) is 0 Å². The smallest absolute Gasteiger partial charge is 0.0453 e. The van der Waals surface area contributed by atoms with Crippen molar-refractivity contribution in [3.05, 3.63) is 68.2 Å². The van der Waals surface area contributed by atoms with E-state index in [0.29, 0.717) is 10.0 Å². The lowest BCUT2D eigenvalue weighted by atomic mass is 9.98. The third kappa shape index (κ3) is 4.37. The Hall–Kier alpha value is -0.730. The topological polar surface area (TPSA) is 12.0 Å². The second-order valence-corrected chi connectivity index (χ2v) is 6.41. The van der Waals surface area contributed by atoms with E-state index in [1.165, 1.54) is 5.56 Å². The first kappa shape index (κ1) is 16.6. The summed E-state index contributed by atoms with van der Waals surface area (Å²) in [5, 5.41) is 5.54. The maximum absolute atomic E-state index is 6.32. The molecule has 0 fully saturated rings. The molecule has 2 aromatic carbocycles. The first-order valence-corrected chi connectivity index (χ1v) is 8.00. The van der Waals surface area contributed by atoms with Gasteiger partial charge in [0.2, 0.25) is 0 Å². The fourth-order valence-corrected chi connectivity index (χ4v) is 3.20. The minimum atomic E-state index is 0.225. The fraction of sp³-hybridized carbons (Fsp3) is 0.294. The van der Waals surface area contributed by atoms with Gasteiger partial charge in [0.15, 0.2) is 0 Å². The van der Waals surface area contributed by atoms with Crippen LogP contribution < -0.4 is 5.32 Å². The van der Waals surface area contributed by atoms with Crippen LogP contribution in [0.4, 0.5) is 0 Å². The molecule has 1 atom stereocenters. The summed E-state index contributed by atoms with van der Waals surface area (Å²) < 4.78 is 0. The van der Waals surface area contributed by atoms with E-state index < -0.39 is 0 Å². The van der Waals surface area contributed by atoms with Crippen molar-refractivity contribution in [3.8, 4) is 0 Å². The highest BCUT2D eigenvalue weighted by Crippen LogP contribution is 2.27. The van der Waals surface area contributed by atoms with E-state index in [-0.39, 0.29) is 6.04 Å². The van der Waals surface area contributed by atoms with Crippen molar-refractivity contribution in [3.63, 3.8) is 0 Å². The van der Waals surface area contributed by atoms with Crippen molar-refractivity contribution in [2.75, 3.05) is 7.05 Å². The molecule has 21 heavy (non-hydrogen) atoms. The molecule has 0 aliphatic rings. The molecular formula is C17H18Cl3N. The highest BCUT2D eigenvalue weighted by Gasteiger charge is 2.14. The largest absolute Gasteiger partial charge is 0.316 e. The lowest BCUT2D eigenvalue weighted by Gasteiger charge is -2.19. The van der Waals surface area contributed by atoms with Gasteiger partial charge in [0.25, 0.3) is 0 Å². The zero-order chi connectivity index (χ0) is 15.4. The molecule has 0 saturated heterocycles. The number of aryl methyl sites for hydroxylation is 1. The average Bonchev–Trinajstić information content (AvgIpc) is 2.44. The SMILES string of the molecule is CNC(Cc1ccc(C)cc1Cl)Cc1c(Cl)cccc1Cl. The molecule has 0 aromatic heterocycles. The van der Waals surface area contributed by atoms with Crippen LogP contribution in [0.1, 0.15) is 16.7 Å². The van der Waals surface area contributed by atoms with Gasteiger partial charge in [-0.15, -0.1) is 0 Å². The summed E-state index contributed by atoms with van der Waals surface area (Å²) in [6, 6.07) is 12.0. The van der Waals surface area contributed by atoms with Crippen LogP contribution in [0.2, 0.25) is 15.1 Å². The molecule has 0 spiro atoms. The predicted molar refractivity (Wildman–Crippen MR) is 92.9 cm³/mol. The molecule has 0 bridgehead atoms. The molecule has 2 aromatic rings. The van der Waals surface area contributed by atoms with Crippen molar-refractivity contribution in [2.24, 2.45) is 0 Å². The first-order chi connectivity index (χ1) is 10.0. The minimum absolute atomic E-state index is 0.225. The number of nitrogens with one attached hydrogen (secondary N) is 1. The molecule has 2 rings (SSSR count). The molecule has 0 heterocycles. The van der Waals surface area contributed by atoms with Gasteiger partial charge in [-0.3, -0.25) is 0 Å². The Morgan fingerprint density at radius 1 is 0.952 bits per heavy atom. The highest BCUT2D eigenvalue weighted by molar-refractivity contribution is 6.36. The predicted octanol–water partition coefficient (Wildman–Crippen LogP) is 5.33. The lowest BCUT2D eigenvalue weighted by Crippen LogP contribution is -2.30. The molecule has 0 radical (unpaired) electrons. The molecule has 0 aliphatic carbocycles. The minimum Gasteiger partial charge on any atom is -0.316 e. The third-order valence-electron chi connectivity index (χ3n) is 3.60. The molecule has 1 N–H and O–H groups in total. The summed E-state index contributed by atoms with van der Waals surface area (Å²) in [7, 11) is 1.94. The Balaban J connectivity index is 2.17. The van der Waals surface area contributed by atoms with Crippen LogP contribution in [0, 0.1) is 6.92 Å². The zero-order valence-electron chi connectivity index (χ0n) is 12.1. The second-order valence-electron chi connectivity index (χ2n) is 5.19. The Bertz CT molecular complexity index is 605. The number of benzene rings is 2. The van der Waals surface area contributed by atoms with Gasteiger partial charge in [0.1, 0.15) is 0 Å². The zero-order valence-corrected chi connectivity index (χ0v) is 14.4. The van der Waals surface area contributed by atoms with Gasteiger partial charge in [-0.25, -0.2) is 0 Å². The number of rotatable bonds is 5. The van der Waals surface area contributed by atoms with Crippen LogP contribution >= 0.6 is 34.8 Å². The molecule has 4 heteroatoms. The summed E-state index contributed by atoms with van der Waals surface area (Å²) in [6.45, 7) is 2.04. The van der Waals surface area contributed by atoms with Crippen molar-refractivity contribution in [1.29, 1.82) is 0 Å². The fourth-order valence-electron chi connectivity index (χ4n) is 2.33. The van der Waals surface area contributed by atoms with Crippen LogP contribution in [0.25, 0.3) is 0 Å². The highest BCUT2D eigenvalue weighted by atomic mass is 35.5. The number of hydrogen-bond acceptors (Lipinski definition) is 1. The molecule has 0 amide bonds. The van der Waals surface area contributed by atoms with Crippen LogP contribution in [0.15, 0.2) is 36.4 Å². The van der Waals surface area contributed by atoms with Gasteiger partial charge in [-0.2, -0.15) is 0 Å². The van der Waals surface area contributed by atoms with Crippen molar-refractivity contribution in [1.82, 2.24) is 5.32 Å². The van der Waals surface area contributed by atoms with E-state index >= 15 is 0 Å². The van der Waals surface area contributed by atoms with E-state index in [9.17, 15) is 0 Å². The number of halogens is 3. The summed E-state index contributed by atoms with van der Waals surface area (Å²) >= 11 is 18.8. The van der Waals surface area contributed by atoms with Gasteiger partial charge in [0, 0.05) is 21.1 Å². The first-order valence-electron chi connectivity index (χ1n) is 6.86. The molecule has 112 valence electrons. The van der Waals surface area contributed by atoms with Gasteiger partial charge in [0.05, 0.1) is 0 Å². The van der Waals surface area contributed by atoms with Crippen LogP contribution in [0.5, 0.6) is 0 Å². The Morgan fingerprint density at radius 2 is 1.62 bits per heavy atom. The maximum atomic E-state index is 6.32. The lowest BCUT2D eigenvalue weighted by molar-refractivity contribution is 0.556. The molecular weight excluding hydrogens is 325 g/mol. The molecule has 1 nitrogen and oxygen atoms in total. The van der Waals surface area contributed by atoms with Crippen molar-refractivity contribution >= 4 is 34.8 Å². The van der Waals surface area contributed by atoms with Gasteiger partial charge in [-0.1, -0.05) is 53.0 Å². The molecule has 0 saturated carbocycles. The monoisotopic (exact) mass is 341 g/mol. The molecule has 1 unspecified atom stereocenters. The standard InChI is InChI=1S/C17H18Cl3N/c1-11-6-7-12(17(20)8-11)9-13(21-2)10-14-15(18)4-3-5-16(14)19/h3-8,13,21H,9-10H2,1-2H3. The van der Waals surface area contributed by atoms with Crippen LogP contribution in [-0.4, -0.2) is 13.1 Å². The normalized spacial score (nSPS) is 12.4. The van der Waals surface area contributed by atoms with E-state index in [0.717, 1.165) is 29.0 Å². The van der Waals surface area contributed by atoms with Crippen LogP contribution in [0.3, 0.4) is 0 Å². The Morgan fingerprint density at radius 3 is 2.19 bits per heavy atom. The van der Waals surface area contributed by atoms with Gasteiger partial charge < -0.3 is 5.32 Å². The quantitative estimate of drug-likeness (QED) is 0.774. The average molecular weight is 343 g/mol. The second kappa shape index (κ2) is 7.51. The van der Waals surface area contributed by atoms with Crippen LogP contribution in [-0.2, 0) is 12.8 Å². The Labute approximate surface area is 141 Å².